The molecule has 0 spiro atoms. The third-order valence-electron chi connectivity index (χ3n) is 4.39. The summed E-state index contributed by atoms with van der Waals surface area (Å²) in [5.41, 5.74) is 0.799. The van der Waals surface area contributed by atoms with Crippen LogP contribution in [0.5, 0.6) is 5.75 Å². The minimum atomic E-state index is -0.767. The summed E-state index contributed by atoms with van der Waals surface area (Å²) in [6.45, 7) is 6.45. The first-order valence-corrected chi connectivity index (χ1v) is 9.36. The van der Waals surface area contributed by atoms with E-state index in [9.17, 15) is 14.0 Å². The third kappa shape index (κ3) is 5.31. The van der Waals surface area contributed by atoms with E-state index in [4.69, 9.17) is 4.74 Å². The standard InChI is InChI=1S/C22H27FN2O3/c1-5-28-19-13-9-6-10-16(19)14-25(4)22(27)20(15(2)3)24-21(26)17-11-7-8-12-18(17)23/h6-13,15,20H,5,14H2,1-4H3,(H,24,26). The summed E-state index contributed by atoms with van der Waals surface area (Å²) in [7, 11) is 1.68. The Bertz CT molecular complexity index is 823. The van der Waals surface area contributed by atoms with Crippen molar-refractivity contribution in [1.29, 1.82) is 0 Å². The lowest BCUT2D eigenvalue weighted by Gasteiger charge is -2.27. The molecule has 0 saturated heterocycles. The molecule has 0 heterocycles. The van der Waals surface area contributed by atoms with E-state index in [1.54, 1.807) is 18.0 Å². The summed E-state index contributed by atoms with van der Waals surface area (Å²) < 4.78 is 19.5. The predicted molar refractivity (Wildman–Crippen MR) is 107 cm³/mol. The summed E-state index contributed by atoms with van der Waals surface area (Å²) in [5, 5.41) is 2.68. The highest BCUT2D eigenvalue weighted by atomic mass is 19.1. The molecule has 1 atom stereocenters. The molecular weight excluding hydrogens is 359 g/mol. The fourth-order valence-corrected chi connectivity index (χ4v) is 2.88. The van der Waals surface area contributed by atoms with Gasteiger partial charge in [-0.15, -0.1) is 0 Å². The quantitative estimate of drug-likeness (QED) is 0.754. The molecule has 0 aliphatic heterocycles. The minimum Gasteiger partial charge on any atom is -0.494 e. The Morgan fingerprint density at radius 1 is 1.11 bits per heavy atom. The number of amides is 2. The van der Waals surface area contributed by atoms with E-state index in [1.807, 2.05) is 45.0 Å². The van der Waals surface area contributed by atoms with Crippen LogP contribution < -0.4 is 10.1 Å². The second kappa shape index (κ2) is 9.88. The zero-order valence-electron chi connectivity index (χ0n) is 16.7. The van der Waals surface area contributed by atoms with Gasteiger partial charge in [0.05, 0.1) is 12.2 Å². The molecule has 6 heteroatoms. The van der Waals surface area contributed by atoms with Crippen LogP contribution in [0, 0.1) is 11.7 Å². The number of ether oxygens (including phenoxy) is 1. The second-order valence-electron chi connectivity index (χ2n) is 6.91. The fourth-order valence-electron chi connectivity index (χ4n) is 2.88. The van der Waals surface area contributed by atoms with Crippen LogP contribution in [-0.4, -0.2) is 36.4 Å². The van der Waals surface area contributed by atoms with E-state index in [2.05, 4.69) is 5.32 Å². The monoisotopic (exact) mass is 386 g/mol. The van der Waals surface area contributed by atoms with Gasteiger partial charge in [-0.1, -0.05) is 44.2 Å². The van der Waals surface area contributed by atoms with E-state index in [0.717, 1.165) is 11.3 Å². The maximum absolute atomic E-state index is 13.9. The Balaban J connectivity index is 2.14. The molecule has 0 fully saturated rings. The maximum atomic E-state index is 13.9. The molecule has 0 aliphatic carbocycles. The van der Waals surface area contributed by atoms with Gasteiger partial charge >= 0.3 is 0 Å². The largest absolute Gasteiger partial charge is 0.494 e. The molecule has 0 bridgehead atoms. The number of para-hydroxylation sites is 1. The van der Waals surface area contributed by atoms with Gasteiger partial charge in [0.15, 0.2) is 0 Å². The normalized spacial score (nSPS) is 11.8. The first-order valence-electron chi connectivity index (χ1n) is 9.36. The highest BCUT2D eigenvalue weighted by Gasteiger charge is 2.28. The van der Waals surface area contributed by atoms with E-state index >= 15 is 0 Å². The topological polar surface area (TPSA) is 58.6 Å². The van der Waals surface area contributed by atoms with Gasteiger partial charge < -0.3 is 15.0 Å². The van der Waals surface area contributed by atoms with Crippen molar-refractivity contribution in [3.8, 4) is 5.75 Å². The highest BCUT2D eigenvalue weighted by Crippen LogP contribution is 2.20. The molecule has 2 rings (SSSR count). The van der Waals surface area contributed by atoms with Crippen LogP contribution in [-0.2, 0) is 11.3 Å². The molecule has 0 radical (unpaired) electrons. The highest BCUT2D eigenvalue weighted by molar-refractivity contribution is 5.97. The van der Waals surface area contributed by atoms with Crippen molar-refractivity contribution < 1.29 is 18.7 Å². The number of carbonyl (C=O) groups excluding carboxylic acids is 2. The molecular formula is C22H27FN2O3. The Labute approximate surface area is 165 Å². The molecule has 0 saturated carbocycles. The van der Waals surface area contributed by atoms with Gasteiger partial charge in [0, 0.05) is 19.2 Å². The second-order valence-corrected chi connectivity index (χ2v) is 6.91. The maximum Gasteiger partial charge on any atom is 0.254 e. The molecule has 1 unspecified atom stereocenters. The van der Waals surface area contributed by atoms with Gasteiger partial charge in [-0.05, 0) is 31.0 Å². The summed E-state index contributed by atoms with van der Waals surface area (Å²) in [5.74, 6) is -0.901. The average molecular weight is 386 g/mol. The van der Waals surface area contributed by atoms with E-state index in [1.165, 1.54) is 18.2 Å². The molecule has 28 heavy (non-hydrogen) atoms. The lowest BCUT2D eigenvalue weighted by Crippen LogP contribution is -2.50. The van der Waals surface area contributed by atoms with Crippen molar-refractivity contribution in [2.75, 3.05) is 13.7 Å². The van der Waals surface area contributed by atoms with Crippen molar-refractivity contribution in [3.63, 3.8) is 0 Å². The van der Waals surface area contributed by atoms with Crippen LogP contribution in [0.3, 0.4) is 0 Å². The number of nitrogens with one attached hydrogen (secondary N) is 1. The summed E-state index contributed by atoms with van der Waals surface area (Å²) in [4.78, 5) is 27.0. The number of hydrogen-bond donors (Lipinski definition) is 1. The lowest BCUT2D eigenvalue weighted by molar-refractivity contribution is -0.133. The van der Waals surface area contributed by atoms with E-state index in [-0.39, 0.29) is 17.4 Å². The van der Waals surface area contributed by atoms with Crippen molar-refractivity contribution >= 4 is 11.8 Å². The van der Waals surface area contributed by atoms with Crippen LogP contribution >= 0.6 is 0 Å². The Hall–Kier alpha value is -2.89. The van der Waals surface area contributed by atoms with Crippen molar-refractivity contribution in [3.05, 3.63) is 65.5 Å². The molecule has 1 N–H and O–H groups in total. The lowest BCUT2D eigenvalue weighted by atomic mass is 10.0. The number of hydrogen-bond acceptors (Lipinski definition) is 3. The SMILES string of the molecule is CCOc1ccccc1CN(C)C(=O)C(NC(=O)c1ccccc1F)C(C)C. The number of carbonyl (C=O) groups is 2. The summed E-state index contributed by atoms with van der Waals surface area (Å²) in [6.07, 6.45) is 0. The van der Waals surface area contributed by atoms with Gasteiger partial charge in [0.2, 0.25) is 5.91 Å². The summed E-state index contributed by atoms with van der Waals surface area (Å²) >= 11 is 0. The van der Waals surface area contributed by atoms with Gasteiger partial charge in [-0.2, -0.15) is 0 Å². The number of halogens is 1. The van der Waals surface area contributed by atoms with E-state index < -0.39 is 17.8 Å². The molecule has 0 aliphatic rings. The molecule has 0 aromatic heterocycles. The Morgan fingerprint density at radius 2 is 1.75 bits per heavy atom. The number of benzene rings is 2. The molecule has 2 amide bonds. The van der Waals surface area contributed by atoms with Gasteiger partial charge in [-0.3, -0.25) is 9.59 Å². The zero-order valence-corrected chi connectivity index (χ0v) is 16.7. The smallest absolute Gasteiger partial charge is 0.254 e. The van der Waals surface area contributed by atoms with Crippen LogP contribution in [0.2, 0.25) is 0 Å². The predicted octanol–water partition coefficient (Wildman–Crippen LogP) is 3.64. The van der Waals surface area contributed by atoms with Gasteiger partial charge in [-0.25, -0.2) is 4.39 Å². The van der Waals surface area contributed by atoms with Crippen LogP contribution in [0.4, 0.5) is 4.39 Å². The van der Waals surface area contributed by atoms with Crippen molar-refractivity contribution in [2.24, 2.45) is 5.92 Å². The summed E-state index contributed by atoms with van der Waals surface area (Å²) in [6, 6.07) is 12.5. The van der Waals surface area contributed by atoms with Gasteiger partial charge in [0.1, 0.15) is 17.6 Å². The van der Waals surface area contributed by atoms with Crippen LogP contribution in [0.1, 0.15) is 36.7 Å². The molecule has 5 nitrogen and oxygen atoms in total. The number of rotatable bonds is 8. The fraction of sp³-hybridized carbons (Fsp3) is 0.364. The Morgan fingerprint density at radius 3 is 2.39 bits per heavy atom. The van der Waals surface area contributed by atoms with Crippen LogP contribution in [0.15, 0.2) is 48.5 Å². The first kappa shape index (κ1) is 21.4. The average Bonchev–Trinajstić information content (AvgIpc) is 2.67. The number of likely N-dealkylation sites (N-methyl/N-ethyl adjacent to an activating group) is 1. The van der Waals surface area contributed by atoms with Crippen LogP contribution in [0.25, 0.3) is 0 Å². The van der Waals surface area contributed by atoms with Crippen molar-refractivity contribution in [1.82, 2.24) is 10.2 Å². The van der Waals surface area contributed by atoms with Gasteiger partial charge in [0.25, 0.3) is 5.91 Å². The molecule has 2 aromatic carbocycles. The molecule has 150 valence electrons. The number of nitrogens with zero attached hydrogens (tertiary/aromatic N) is 1. The van der Waals surface area contributed by atoms with Crippen molar-refractivity contribution in [2.45, 2.75) is 33.4 Å². The van der Waals surface area contributed by atoms with E-state index in [0.29, 0.717) is 13.2 Å². The zero-order chi connectivity index (χ0) is 20.7. The first-order chi connectivity index (χ1) is 13.3. The molecule has 2 aromatic rings. The third-order valence-corrected chi connectivity index (χ3v) is 4.39. The Kier molecular flexibility index (Phi) is 7.55. The minimum absolute atomic E-state index is 0.0784.